The molecule has 1 aromatic heterocycles. The molecule has 0 saturated heterocycles. The summed E-state index contributed by atoms with van der Waals surface area (Å²) in [5.41, 5.74) is 3.44. The van der Waals surface area contributed by atoms with Crippen molar-refractivity contribution in [2.24, 2.45) is 5.92 Å². The predicted octanol–water partition coefficient (Wildman–Crippen LogP) is 4.05. The lowest BCUT2D eigenvalue weighted by atomic mass is 9.96. The molecule has 3 heteroatoms. The van der Waals surface area contributed by atoms with Crippen molar-refractivity contribution in [3.05, 3.63) is 66.0 Å². The van der Waals surface area contributed by atoms with Crippen LogP contribution in [0.4, 0.5) is 0 Å². The highest BCUT2D eigenvalue weighted by molar-refractivity contribution is 5.74. The summed E-state index contributed by atoms with van der Waals surface area (Å²) in [5.74, 6) is 1.51. The van der Waals surface area contributed by atoms with Crippen LogP contribution in [0.2, 0.25) is 0 Å². The van der Waals surface area contributed by atoms with Crippen LogP contribution in [-0.4, -0.2) is 9.97 Å². The van der Waals surface area contributed by atoms with E-state index in [4.69, 9.17) is 0 Å². The minimum absolute atomic E-state index is 0.333. The lowest BCUT2D eigenvalue weighted by Gasteiger charge is -2.22. The number of nitrogens with one attached hydrogen (secondary N) is 2. The number of para-hydroxylation sites is 2. The Kier molecular flexibility index (Phi) is 4.02. The van der Waals surface area contributed by atoms with Gasteiger partial charge in [0.1, 0.15) is 5.82 Å². The normalized spacial score (nSPS) is 12.9. The summed E-state index contributed by atoms with van der Waals surface area (Å²) >= 11 is 0. The molecule has 0 aliphatic heterocycles. The first kappa shape index (κ1) is 13.8. The topological polar surface area (TPSA) is 40.7 Å². The van der Waals surface area contributed by atoms with Crippen LogP contribution in [0, 0.1) is 5.92 Å². The molecular formula is C18H21N3. The number of H-pyrrole nitrogens is 1. The molecule has 21 heavy (non-hydrogen) atoms. The average molecular weight is 279 g/mol. The zero-order valence-electron chi connectivity index (χ0n) is 12.5. The molecule has 0 radical (unpaired) electrons. The molecule has 108 valence electrons. The van der Waals surface area contributed by atoms with E-state index in [-0.39, 0.29) is 0 Å². The van der Waals surface area contributed by atoms with Crippen LogP contribution >= 0.6 is 0 Å². The molecule has 1 heterocycles. The van der Waals surface area contributed by atoms with Crippen LogP contribution in [0.5, 0.6) is 0 Å². The third kappa shape index (κ3) is 3.14. The molecule has 0 saturated carbocycles. The summed E-state index contributed by atoms with van der Waals surface area (Å²) in [6.45, 7) is 5.22. The largest absolute Gasteiger partial charge is 0.341 e. The fraction of sp³-hybridized carbons (Fsp3) is 0.278. The molecule has 1 unspecified atom stereocenters. The van der Waals surface area contributed by atoms with Crippen LogP contribution in [-0.2, 0) is 6.54 Å². The van der Waals surface area contributed by atoms with Crippen molar-refractivity contribution < 1.29 is 0 Å². The first-order valence-corrected chi connectivity index (χ1v) is 7.46. The number of benzene rings is 2. The van der Waals surface area contributed by atoms with Crippen LogP contribution < -0.4 is 5.32 Å². The first-order valence-electron chi connectivity index (χ1n) is 7.46. The standard InChI is InChI=1S/C18H21N3/c1-13(2)18(14-8-4-3-5-9-14)19-12-17-20-15-10-6-7-11-16(15)21-17/h3-11,13,18-19H,12H2,1-2H3,(H,20,21). The van der Waals surface area contributed by atoms with Crippen molar-refractivity contribution in [3.63, 3.8) is 0 Å². The predicted molar refractivity (Wildman–Crippen MR) is 87.0 cm³/mol. The van der Waals surface area contributed by atoms with Gasteiger partial charge in [-0.15, -0.1) is 0 Å². The van der Waals surface area contributed by atoms with Crippen LogP contribution in [0.3, 0.4) is 0 Å². The molecule has 3 nitrogen and oxygen atoms in total. The Hall–Kier alpha value is -2.13. The Morgan fingerprint density at radius 3 is 2.43 bits per heavy atom. The van der Waals surface area contributed by atoms with Crippen LogP contribution in [0.25, 0.3) is 11.0 Å². The van der Waals surface area contributed by atoms with E-state index >= 15 is 0 Å². The van der Waals surface area contributed by atoms with Crippen molar-refractivity contribution in [1.82, 2.24) is 15.3 Å². The van der Waals surface area contributed by atoms with Crippen molar-refractivity contribution in [2.75, 3.05) is 0 Å². The molecule has 2 N–H and O–H groups in total. The molecule has 3 rings (SSSR count). The number of imidazole rings is 1. The highest BCUT2D eigenvalue weighted by Crippen LogP contribution is 2.21. The van der Waals surface area contributed by atoms with E-state index in [0.29, 0.717) is 12.0 Å². The number of hydrogen-bond donors (Lipinski definition) is 2. The summed E-state index contributed by atoms with van der Waals surface area (Å²) in [6.07, 6.45) is 0. The number of hydrogen-bond acceptors (Lipinski definition) is 2. The van der Waals surface area contributed by atoms with E-state index in [2.05, 4.69) is 65.5 Å². The van der Waals surface area contributed by atoms with Gasteiger partial charge in [-0.1, -0.05) is 56.3 Å². The Bertz CT molecular complexity index is 668. The summed E-state index contributed by atoms with van der Waals surface area (Å²) in [7, 11) is 0. The monoisotopic (exact) mass is 279 g/mol. The SMILES string of the molecule is CC(C)C(NCc1nc2ccccc2[nH]1)c1ccccc1. The van der Waals surface area contributed by atoms with Gasteiger partial charge in [0.15, 0.2) is 0 Å². The highest BCUT2D eigenvalue weighted by Gasteiger charge is 2.15. The Balaban J connectivity index is 1.75. The summed E-state index contributed by atoms with van der Waals surface area (Å²) in [6, 6.07) is 19.1. The van der Waals surface area contributed by atoms with E-state index < -0.39 is 0 Å². The number of fused-ring (bicyclic) bond motifs is 1. The van der Waals surface area contributed by atoms with Crippen molar-refractivity contribution >= 4 is 11.0 Å². The van der Waals surface area contributed by atoms with Crippen LogP contribution in [0.15, 0.2) is 54.6 Å². The second-order valence-corrected chi connectivity index (χ2v) is 5.71. The molecular weight excluding hydrogens is 258 g/mol. The zero-order valence-corrected chi connectivity index (χ0v) is 12.5. The molecule has 1 atom stereocenters. The van der Waals surface area contributed by atoms with Gasteiger partial charge < -0.3 is 10.3 Å². The molecule has 0 spiro atoms. The van der Waals surface area contributed by atoms with Gasteiger partial charge in [0, 0.05) is 6.04 Å². The Morgan fingerprint density at radius 1 is 1.00 bits per heavy atom. The van der Waals surface area contributed by atoms with Crippen molar-refractivity contribution in [2.45, 2.75) is 26.4 Å². The van der Waals surface area contributed by atoms with Crippen molar-refractivity contribution in [3.8, 4) is 0 Å². The average Bonchev–Trinajstić information content (AvgIpc) is 2.91. The lowest BCUT2D eigenvalue weighted by Crippen LogP contribution is -2.25. The van der Waals surface area contributed by atoms with E-state index in [1.54, 1.807) is 0 Å². The van der Waals surface area contributed by atoms with Gasteiger partial charge in [0.25, 0.3) is 0 Å². The lowest BCUT2D eigenvalue weighted by molar-refractivity contribution is 0.407. The molecule has 0 amide bonds. The maximum Gasteiger partial charge on any atom is 0.121 e. The third-order valence-corrected chi connectivity index (χ3v) is 3.75. The third-order valence-electron chi connectivity index (χ3n) is 3.75. The van der Waals surface area contributed by atoms with Gasteiger partial charge in [-0.25, -0.2) is 4.98 Å². The molecule has 0 aliphatic rings. The molecule has 3 aromatic rings. The van der Waals surface area contributed by atoms with Crippen molar-refractivity contribution in [1.29, 1.82) is 0 Å². The van der Waals surface area contributed by atoms with Gasteiger partial charge in [0.2, 0.25) is 0 Å². The zero-order chi connectivity index (χ0) is 14.7. The number of aromatic amines is 1. The number of rotatable bonds is 5. The first-order chi connectivity index (χ1) is 10.2. The molecule has 0 aliphatic carbocycles. The second-order valence-electron chi connectivity index (χ2n) is 5.71. The van der Waals surface area contributed by atoms with Gasteiger partial charge >= 0.3 is 0 Å². The fourth-order valence-electron chi connectivity index (χ4n) is 2.69. The minimum Gasteiger partial charge on any atom is -0.341 e. The highest BCUT2D eigenvalue weighted by atomic mass is 15.0. The molecule has 0 fully saturated rings. The quantitative estimate of drug-likeness (QED) is 0.739. The Morgan fingerprint density at radius 2 is 1.71 bits per heavy atom. The second kappa shape index (κ2) is 6.10. The van der Waals surface area contributed by atoms with Crippen LogP contribution in [0.1, 0.15) is 31.3 Å². The van der Waals surface area contributed by atoms with Gasteiger partial charge in [-0.2, -0.15) is 0 Å². The molecule has 0 bridgehead atoms. The van der Waals surface area contributed by atoms with E-state index in [1.165, 1.54) is 5.56 Å². The number of nitrogens with zero attached hydrogens (tertiary/aromatic N) is 1. The number of aromatic nitrogens is 2. The smallest absolute Gasteiger partial charge is 0.121 e. The Labute approximate surface area is 125 Å². The van der Waals surface area contributed by atoms with E-state index in [9.17, 15) is 0 Å². The summed E-state index contributed by atoms with van der Waals surface area (Å²) in [5, 5.41) is 3.62. The summed E-state index contributed by atoms with van der Waals surface area (Å²) in [4.78, 5) is 7.99. The molecule has 2 aromatic carbocycles. The van der Waals surface area contributed by atoms with E-state index in [0.717, 1.165) is 23.4 Å². The maximum atomic E-state index is 4.62. The maximum absolute atomic E-state index is 4.62. The van der Waals surface area contributed by atoms with Gasteiger partial charge in [0.05, 0.1) is 17.6 Å². The van der Waals surface area contributed by atoms with Gasteiger partial charge in [-0.3, -0.25) is 0 Å². The summed E-state index contributed by atoms with van der Waals surface area (Å²) < 4.78 is 0. The van der Waals surface area contributed by atoms with E-state index in [1.807, 2.05) is 18.2 Å². The minimum atomic E-state index is 0.333. The van der Waals surface area contributed by atoms with Gasteiger partial charge in [-0.05, 0) is 23.6 Å². The fourth-order valence-corrected chi connectivity index (χ4v) is 2.69.